The van der Waals surface area contributed by atoms with Crippen LogP contribution in [0.4, 0.5) is 0 Å². The van der Waals surface area contributed by atoms with Gasteiger partial charge in [-0.15, -0.1) is 0 Å². The van der Waals surface area contributed by atoms with Gasteiger partial charge in [0.05, 0.1) is 0 Å². The Kier molecular flexibility index (Phi) is 6.60. The minimum absolute atomic E-state index is 1.22. The molecule has 0 amide bonds. The summed E-state index contributed by atoms with van der Waals surface area (Å²) in [5.41, 5.74) is 17.8. The zero-order valence-corrected chi connectivity index (χ0v) is 27.5. The lowest BCUT2D eigenvalue weighted by molar-refractivity contribution is 1.57. The predicted octanol–water partition coefficient (Wildman–Crippen LogP) is 14.0. The Morgan fingerprint density at radius 1 is 0.180 bits per heavy atom. The molecule has 10 rings (SSSR count). The van der Waals surface area contributed by atoms with E-state index in [1.807, 2.05) is 0 Å². The van der Waals surface area contributed by atoms with Crippen LogP contribution in [0.15, 0.2) is 194 Å². The van der Waals surface area contributed by atoms with Crippen LogP contribution >= 0.6 is 0 Å². The first-order valence-electron chi connectivity index (χ1n) is 17.4. The highest BCUT2D eigenvalue weighted by atomic mass is 14.3. The van der Waals surface area contributed by atoms with E-state index in [0.29, 0.717) is 0 Å². The van der Waals surface area contributed by atoms with E-state index in [-0.39, 0.29) is 0 Å². The number of hydrogen-bond acceptors (Lipinski definition) is 0. The molecular formula is C50H32. The molecule has 0 spiro atoms. The Morgan fingerprint density at radius 3 is 1.04 bits per heavy atom. The average Bonchev–Trinajstić information content (AvgIpc) is 3.53. The second-order valence-electron chi connectivity index (χ2n) is 13.1. The van der Waals surface area contributed by atoms with E-state index in [1.54, 1.807) is 0 Å². The topological polar surface area (TPSA) is 0 Å². The van der Waals surface area contributed by atoms with E-state index in [4.69, 9.17) is 0 Å². The molecule has 0 radical (unpaired) electrons. The van der Waals surface area contributed by atoms with Gasteiger partial charge in [0, 0.05) is 0 Å². The van der Waals surface area contributed by atoms with Gasteiger partial charge in [-0.1, -0.05) is 194 Å². The van der Waals surface area contributed by atoms with Crippen molar-refractivity contribution < 1.29 is 0 Å². The molecule has 0 heteroatoms. The van der Waals surface area contributed by atoms with E-state index in [1.165, 1.54) is 99.4 Å². The van der Waals surface area contributed by atoms with Crippen molar-refractivity contribution in [2.24, 2.45) is 0 Å². The zero-order chi connectivity index (χ0) is 33.0. The molecular weight excluding hydrogens is 601 g/mol. The zero-order valence-electron chi connectivity index (χ0n) is 27.5. The smallest absolute Gasteiger partial charge is 0.000741 e. The Balaban J connectivity index is 1.35. The SMILES string of the molecule is c1ccc(-c2cccc(-c3ccccc3)c2-c2ccc3c4c(cccc24)-c2c-3c(-c3ccccc3)c3ccccc3c2-c2ccccc2)cc1. The maximum absolute atomic E-state index is 2.40. The van der Waals surface area contributed by atoms with Gasteiger partial charge in [0.1, 0.15) is 0 Å². The van der Waals surface area contributed by atoms with Crippen LogP contribution in [0.1, 0.15) is 0 Å². The molecule has 9 aromatic rings. The maximum atomic E-state index is 2.40. The summed E-state index contributed by atoms with van der Waals surface area (Å²) in [5.74, 6) is 0. The van der Waals surface area contributed by atoms with Gasteiger partial charge in [-0.25, -0.2) is 0 Å². The van der Waals surface area contributed by atoms with E-state index in [2.05, 4.69) is 194 Å². The van der Waals surface area contributed by atoms with Crippen molar-refractivity contribution in [2.45, 2.75) is 0 Å². The molecule has 0 aromatic heterocycles. The van der Waals surface area contributed by atoms with Crippen molar-refractivity contribution in [3.63, 3.8) is 0 Å². The highest BCUT2D eigenvalue weighted by Crippen LogP contribution is 2.59. The van der Waals surface area contributed by atoms with Crippen LogP contribution in [0.3, 0.4) is 0 Å². The summed E-state index contributed by atoms with van der Waals surface area (Å²) in [4.78, 5) is 0. The predicted molar refractivity (Wildman–Crippen MR) is 213 cm³/mol. The van der Waals surface area contributed by atoms with Crippen LogP contribution in [-0.2, 0) is 0 Å². The van der Waals surface area contributed by atoms with Gasteiger partial charge in [-0.2, -0.15) is 0 Å². The van der Waals surface area contributed by atoms with Crippen LogP contribution in [0.5, 0.6) is 0 Å². The quantitative estimate of drug-likeness (QED) is 0.177. The van der Waals surface area contributed by atoms with Crippen LogP contribution in [-0.4, -0.2) is 0 Å². The molecule has 232 valence electrons. The molecule has 0 N–H and O–H groups in total. The summed E-state index contributed by atoms with van der Waals surface area (Å²) in [5, 5.41) is 5.16. The molecule has 0 unspecified atom stereocenters. The Labute approximate surface area is 292 Å². The van der Waals surface area contributed by atoms with Crippen LogP contribution in [0.2, 0.25) is 0 Å². The average molecular weight is 633 g/mol. The number of hydrogen-bond donors (Lipinski definition) is 0. The Morgan fingerprint density at radius 2 is 0.540 bits per heavy atom. The Bertz CT molecular complexity index is 2560. The lowest BCUT2D eigenvalue weighted by Crippen LogP contribution is -1.93. The normalized spacial score (nSPS) is 11.6. The Hall–Kier alpha value is -6.50. The fraction of sp³-hybridized carbons (Fsp3) is 0. The minimum atomic E-state index is 1.22. The molecule has 0 nitrogen and oxygen atoms in total. The third kappa shape index (κ3) is 4.32. The van der Waals surface area contributed by atoms with Crippen molar-refractivity contribution in [1.82, 2.24) is 0 Å². The van der Waals surface area contributed by atoms with Gasteiger partial charge in [0.25, 0.3) is 0 Å². The molecule has 50 heavy (non-hydrogen) atoms. The fourth-order valence-corrected chi connectivity index (χ4v) is 8.39. The minimum Gasteiger partial charge on any atom is -0.0622 e. The van der Waals surface area contributed by atoms with Gasteiger partial charge in [-0.05, 0) is 99.4 Å². The number of benzene rings is 9. The molecule has 0 fully saturated rings. The number of rotatable bonds is 5. The summed E-state index contributed by atoms with van der Waals surface area (Å²) >= 11 is 0. The molecule has 0 heterocycles. The highest BCUT2D eigenvalue weighted by molar-refractivity contribution is 6.29. The molecule has 0 aliphatic heterocycles. The largest absolute Gasteiger partial charge is 0.0622 e. The molecule has 1 aliphatic carbocycles. The van der Waals surface area contributed by atoms with Crippen molar-refractivity contribution in [2.75, 3.05) is 0 Å². The summed E-state index contributed by atoms with van der Waals surface area (Å²) in [6.45, 7) is 0. The summed E-state index contributed by atoms with van der Waals surface area (Å²) in [7, 11) is 0. The van der Waals surface area contributed by atoms with E-state index in [0.717, 1.165) is 0 Å². The van der Waals surface area contributed by atoms with E-state index >= 15 is 0 Å². The second-order valence-corrected chi connectivity index (χ2v) is 13.1. The number of fused-ring (bicyclic) bond motifs is 4. The van der Waals surface area contributed by atoms with Crippen molar-refractivity contribution in [1.29, 1.82) is 0 Å². The van der Waals surface area contributed by atoms with Gasteiger partial charge < -0.3 is 0 Å². The molecule has 0 saturated heterocycles. The van der Waals surface area contributed by atoms with Crippen LogP contribution < -0.4 is 0 Å². The van der Waals surface area contributed by atoms with Crippen LogP contribution in [0, 0.1) is 0 Å². The first-order valence-corrected chi connectivity index (χ1v) is 17.4. The summed E-state index contributed by atoms with van der Waals surface area (Å²) in [6.07, 6.45) is 0. The third-order valence-electron chi connectivity index (χ3n) is 10.4. The molecule has 0 saturated carbocycles. The monoisotopic (exact) mass is 632 g/mol. The maximum Gasteiger partial charge on any atom is -0.000741 e. The lowest BCUT2D eigenvalue weighted by Gasteiger charge is -2.20. The van der Waals surface area contributed by atoms with Gasteiger partial charge in [0.2, 0.25) is 0 Å². The molecule has 1 aliphatic rings. The van der Waals surface area contributed by atoms with Gasteiger partial charge in [-0.3, -0.25) is 0 Å². The first kappa shape index (κ1) is 28.5. The van der Waals surface area contributed by atoms with Crippen molar-refractivity contribution in [3.05, 3.63) is 194 Å². The molecule has 0 bridgehead atoms. The highest BCUT2D eigenvalue weighted by Gasteiger charge is 2.31. The molecule has 0 atom stereocenters. The fourth-order valence-electron chi connectivity index (χ4n) is 8.39. The van der Waals surface area contributed by atoms with Gasteiger partial charge >= 0.3 is 0 Å². The van der Waals surface area contributed by atoms with E-state index in [9.17, 15) is 0 Å². The van der Waals surface area contributed by atoms with Crippen molar-refractivity contribution >= 4 is 21.5 Å². The molecule has 9 aromatic carbocycles. The lowest BCUT2D eigenvalue weighted by atomic mass is 9.82. The van der Waals surface area contributed by atoms with Gasteiger partial charge in [0.15, 0.2) is 0 Å². The summed E-state index contributed by atoms with van der Waals surface area (Å²) in [6, 6.07) is 71.1. The second kappa shape index (κ2) is 11.6. The van der Waals surface area contributed by atoms with Crippen molar-refractivity contribution in [3.8, 4) is 77.9 Å². The van der Waals surface area contributed by atoms with Crippen LogP contribution in [0.25, 0.3) is 99.4 Å². The summed E-state index contributed by atoms with van der Waals surface area (Å²) < 4.78 is 0. The third-order valence-corrected chi connectivity index (χ3v) is 10.4. The standard InChI is InChI=1S/C50H32/c1-5-17-33(18-6-1)37-27-15-28-38(34-19-7-2-8-20-34)47(37)42-31-32-44-48-41(42)29-16-30-43(48)49-45(35-21-9-3-10-22-35)39-25-13-14-26-40(39)46(50(44)49)36-23-11-4-12-24-36/h1-32H. The first-order chi connectivity index (χ1) is 24.9. The van der Waals surface area contributed by atoms with E-state index < -0.39 is 0 Å².